The average molecular weight is 412 g/mol. The molecule has 0 bridgehead atoms. The molecule has 0 saturated heterocycles. The first kappa shape index (κ1) is 19.5. The summed E-state index contributed by atoms with van der Waals surface area (Å²) in [6.45, 7) is 1.85. The van der Waals surface area contributed by atoms with E-state index >= 15 is 0 Å². The second kappa shape index (κ2) is 7.96. The molecule has 0 radical (unpaired) electrons. The minimum atomic E-state index is 0.789. The van der Waals surface area contributed by atoms with Gasteiger partial charge in [0.1, 0.15) is 16.8 Å². The molecule has 5 rings (SSSR count). The lowest BCUT2D eigenvalue weighted by molar-refractivity contribution is 0.405. The van der Waals surface area contributed by atoms with Crippen LogP contribution in [0.4, 0.5) is 5.82 Å². The molecule has 2 heterocycles. The fraction of sp³-hybridized carbons (Fsp3) is 0.240. The largest absolute Gasteiger partial charge is 0.497 e. The van der Waals surface area contributed by atoms with Gasteiger partial charge in [0.05, 0.1) is 23.7 Å². The van der Waals surface area contributed by atoms with Crippen LogP contribution in [0.1, 0.15) is 6.42 Å². The van der Waals surface area contributed by atoms with Gasteiger partial charge in [0.2, 0.25) is 0 Å². The molecule has 6 nitrogen and oxygen atoms in total. The third-order valence-electron chi connectivity index (χ3n) is 5.55. The van der Waals surface area contributed by atoms with E-state index < -0.39 is 0 Å². The SMILES string of the molecule is COc1ccc2c(ccc3nc4c(NCCCN(C)C)nc5ccccc5c4nc32)c1. The fourth-order valence-corrected chi connectivity index (χ4v) is 3.98. The van der Waals surface area contributed by atoms with Gasteiger partial charge in [-0.25, -0.2) is 15.0 Å². The van der Waals surface area contributed by atoms with Crippen LogP contribution in [0.25, 0.3) is 43.7 Å². The highest BCUT2D eigenvalue weighted by atomic mass is 16.5. The monoisotopic (exact) mass is 411 g/mol. The number of fused-ring (bicyclic) bond motifs is 6. The van der Waals surface area contributed by atoms with Crippen LogP contribution in [0.3, 0.4) is 0 Å². The second-order valence-electron chi connectivity index (χ2n) is 8.00. The number of ether oxygens (including phenoxy) is 1. The van der Waals surface area contributed by atoms with Crippen LogP contribution in [-0.4, -0.2) is 54.1 Å². The smallest absolute Gasteiger partial charge is 0.154 e. The van der Waals surface area contributed by atoms with Crippen molar-refractivity contribution in [2.45, 2.75) is 6.42 Å². The molecule has 156 valence electrons. The van der Waals surface area contributed by atoms with E-state index in [9.17, 15) is 0 Å². The Bertz CT molecular complexity index is 1410. The average Bonchev–Trinajstić information content (AvgIpc) is 2.80. The minimum Gasteiger partial charge on any atom is -0.497 e. The van der Waals surface area contributed by atoms with Crippen LogP contribution in [0.2, 0.25) is 0 Å². The topological polar surface area (TPSA) is 63.2 Å². The maximum Gasteiger partial charge on any atom is 0.154 e. The molecule has 6 heteroatoms. The Morgan fingerprint density at radius 3 is 2.55 bits per heavy atom. The third kappa shape index (κ3) is 3.59. The molecule has 5 aromatic rings. The molecular weight excluding hydrogens is 386 g/mol. The molecule has 0 atom stereocenters. The van der Waals surface area contributed by atoms with Gasteiger partial charge in [-0.05, 0) is 62.8 Å². The van der Waals surface area contributed by atoms with Crippen molar-refractivity contribution in [3.63, 3.8) is 0 Å². The Hall–Kier alpha value is -3.51. The highest BCUT2D eigenvalue weighted by Gasteiger charge is 2.14. The van der Waals surface area contributed by atoms with Crippen LogP contribution < -0.4 is 10.1 Å². The number of aromatic nitrogens is 3. The van der Waals surface area contributed by atoms with Crippen molar-refractivity contribution in [2.75, 3.05) is 39.6 Å². The van der Waals surface area contributed by atoms with Crippen LogP contribution in [-0.2, 0) is 0 Å². The van der Waals surface area contributed by atoms with Crippen LogP contribution in [0, 0.1) is 0 Å². The molecule has 0 amide bonds. The van der Waals surface area contributed by atoms with E-state index in [1.165, 1.54) is 0 Å². The first-order valence-corrected chi connectivity index (χ1v) is 10.5. The molecule has 0 unspecified atom stereocenters. The Balaban J connectivity index is 1.72. The van der Waals surface area contributed by atoms with Crippen LogP contribution in [0.15, 0.2) is 54.6 Å². The number of para-hydroxylation sites is 1. The van der Waals surface area contributed by atoms with E-state index in [1.54, 1.807) is 7.11 Å². The van der Waals surface area contributed by atoms with Crippen molar-refractivity contribution in [1.82, 2.24) is 19.9 Å². The predicted molar refractivity (Wildman–Crippen MR) is 128 cm³/mol. The van der Waals surface area contributed by atoms with Gasteiger partial charge in [-0.15, -0.1) is 0 Å². The van der Waals surface area contributed by atoms with Crippen molar-refractivity contribution in [1.29, 1.82) is 0 Å². The second-order valence-corrected chi connectivity index (χ2v) is 8.00. The summed E-state index contributed by atoms with van der Waals surface area (Å²) >= 11 is 0. The Morgan fingerprint density at radius 2 is 1.71 bits per heavy atom. The van der Waals surface area contributed by atoms with E-state index in [-0.39, 0.29) is 0 Å². The Kier molecular flexibility index (Phi) is 5.00. The first-order valence-electron chi connectivity index (χ1n) is 10.5. The molecule has 0 fully saturated rings. The van der Waals surface area contributed by atoms with Crippen molar-refractivity contribution in [2.24, 2.45) is 0 Å². The zero-order valence-electron chi connectivity index (χ0n) is 18.0. The van der Waals surface area contributed by atoms with E-state index in [0.29, 0.717) is 0 Å². The summed E-state index contributed by atoms with van der Waals surface area (Å²) in [5, 5.41) is 6.65. The molecule has 0 saturated carbocycles. The summed E-state index contributed by atoms with van der Waals surface area (Å²) in [5.41, 5.74) is 4.35. The summed E-state index contributed by atoms with van der Waals surface area (Å²) < 4.78 is 5.38. The van der Waals surface area contributed by atoms with Gasteiger partial charge in [-0.3, -0.25) is 0 Å². The molecule has 0 aliphatic rings. The van der Waals surface area contributed by atoms with Crippen molar-refractivity contribution < 1.29 is 4.74 Å². The van der Waals surface area contributed by atoms with Crippen molar-refractivity contribution in [3.05, 3.63) is 54.6 Å². The highest BCUT2D eigenvalue weighted by Crippen LogP contribution is 2.32. The van der Waals surface area contributed by atoms with Gasteiger partial charge >= 0.3 is 0 Å². The fourth-order valence-electron chi connectivity index (χ4n) is 3.98. The maximum absolute atomic E-state index is 5.38. The van der Waals surface area contributed by atoms with E-state index in [4.69, 9.17) is 19.7 Å². The summed E-state index contributed by atoms with van der Waals surface area (Å²) in [4.78, 5) is 17.2. The molecule has 1 N–H and O–H groups in total. The molecule has 0 aliphatic heterocycles. The number of rotatable bonds is 6. The van der Waals surface area contributed by atoms with Gasteiger partial charge in [-0.1, -0.05) is 24.3 Å². The lowest BCUT2D eigenvalue weighted by atomic mass is 10.1. The first-order chi connectivity index (χ1) is 15.1. The van der Waals surface area contributed by atoms with Gasteiger partial charge < -0.3 is 15.0 Å². The summed E-state index contributed by atoms with van der Waals surface area (Å²) in [5.74, 6) is 1.62. The zero-order valence-corrected chi connectivity index (χ0v) is 18.0. The van der Waals surface area contributed by atoms with Crippen LogP contribution in [0.5, 0.6) is 5.75 Å². The van der Waals surface area contributed by atoms with E-state index in [1.807, 2.05) is 36.4 Å². The number of anilines is 1. The number of nitrogens with zero attached hydrogens (tertiary/aromatic N) is 4. The molecular formula is C25H25N5O. The summed E-state index contributed by atoms with van der Waals surface area (Å²) in [6, 6.07) is 18.3. The number of benzene rings is 3. The normalized spacial score (nSPS) is 11.7. The number of hydrogen-bond acceptors (Lipinski definition) is 6. The van der Waals surface area contributed by atoms with Gasteiger partial charge in [0.15, 0.2) is 5.82 Å². The quantitative estimate of drug-likeness (QED) is 0.245. The summed E-state index contributed by atoms with van der Waals surface area (Å²) in [7, 11) is 5.85. The number of methoxy groups -OCH3 is 1. The summed E-state index contributed by atoms with van der Waals surface area (Å²) in [6.07, 6.45) is 1.02. The molecule has 3 aromatic carbocycles. The van der Waals surface area contributed by atoms with E-state index in [2.05, 4.69) is 42.5 Å². The highest BCUT2D eigenvalue weighted by molar-refractivity contribution is 6.12. The van der Waals surface area contributed by atoms with Gasteiger partial charge in [-0.2, -0.15) is 0 Å². The minimum absolute atomic E-state index is 0.789. The number of nitrogens with one attached hydrogen (secondary N) is 1. The number of pyridine rings is 1. The zero-order chi connectivity index (χ0) is 21.4. The van der Waals surface area contributed by atoms with Gasteiger partial charge in [0, 0.05) is 17.3 Å². The lowest BCUT2D eigenvalue weighted by Gasteiger charge is -2.13. The van der Waals surface area contributed by atoms with Gasteiger partial charge in [0.25, 0.3) is 0 Å². The predicted octanol–water partition coefficient (Wildman–Crippen LogP) is 4.86. The molecule has 2 aromatic heterocycles. The molecule has 0 aliphatic carbocycles. The Morgan fingerprint density at radius 1 is 0.839 bits per heavy atom. The standard InChI is InChI=1S/C25H25N5O/c1-30(2)14-6-13-26-25-24-23(19-7-4-5-8-20(19)28-25)29-22-18-11-10-17(31-3)15-16(18)9-12-21(22)27-24/h4-5,7-12,15H,6,13-14H2,1-3H3,(H,26,28). The maximum atomic E-state index is 5.38. The molecule has 31 heavy (non-hydrogen) atoms. The lowest BCUT2D eigenvalue weighted by Crippen LogP contribution is -2.16. The van der Waals surface area contributed by atoms with Crippen LogP contribution >= 0.6 is 0 Å². The van der Waals surface area contributed by atoms with Crippen molar-refractivity contribution >= 4 is 49.6 Å². The van der Waals surface area contributed by atoms with Crippen molar-refractivity contribution in [3.8, 4) is 5.75 Å². The third-order valence-corrected chi connectivity index (χ3v) is 5.55. The Labute approximate surface area is 180 Å². The number of hydrogen-bond donors (Lipinski definition) is 1. The molecule has 0 spiro atoms. The van der Waals surface area contributed by atoms with E-state index in [0.717, 1.165) is 74.8 Å².